The lowest BCUT2D eigenvalue weighted by Crippen LogP contribution is -2.13. The van der Waals surface area contributed by atoms with Crippen LogP contribution in [0, 0.1) is 5.92 Å². The molecule has 1 fully saturated rings. The first-order valence-corrected chi connectivity index (χ1v) is 9.50. The van der Waals surface area contributed by atoms with Gasteiger partial charge in [0.2, 0.25) is 5.91 Å². The lowest BCUT2D eigenvalue weighted by molar-refractivity contribution is -0.115. The molecule has 2 aromatic rings. The molecular weight excluding hydrogens is 340 g/mol. The van der Waals surface area contributed by atoms with Gasteiger partial charge in [-0.2, -0.15) is 0 Å². The van der Waals surface area contributed by atoms with Crippen LogP contribution in [-0.2, 0) is 21.2 Å². The zero-order valence-electron chi connectivity index (χ0n) is 13.3. The Morgan fingerprint density at radius 1 is 1.08 bits per heavy atom. The molecule has 1 amide bonds. The number of sulfonamides is 1. The van der Waals surface area contributed by atoms with Crippen molar-refractivity contribution < 1.29 is 18.0 Å². The van der Waals surface area contributed by atoms with Crippen molar-refractivity contribution in [1.29, 1.82) is 0 Å². The Kier molecular flexibility index (Phi) is 3.61. The Labute approximate surface area is 145 Å². The van der Waals surface area contributed by atoms with E-state index in [1.807, 2.05) is 0 Å². The predicted octanol–water partition coefficient (Wildman–Crippen LogP) is 2.57. The fraction of sp³-hybridized carbons (Fsp3) is 0.222. The van der Waals surface area contributed by atoms with Crippen LogP contribution in [0.4, 0.5) is 11.4 Å². The van der Waals surface area contributed by atoms with Gasteiger partial charge in [0.05, 0.1) is 11.3 Å². The number of ketones is 1. The molecule has 1 heterocycles. The van der Waals surface area contributed by atoms with Crippen molar-refractivity contribution in [3.05, 3.63) is 53.6 Å². The molecule has 0 radical (unpaired) electrons. The quantitative estimate of drug-likeness (QED) is 0.806. The number of benzene rings is 2. The molecule has 1 aliphatic carbocycles. The number of anilines is 2. The van der Waals surface area contributed by atoms with Crippen LogP contribution < -0.4 is 10.0 Å². The molecule has 0 aromatic heterocycles. The lowest BCUT2D eigenvalue weighted by Gasteiger charge is -2.10. The Balaban J connectivity index is 1.54. The predicted molar refractivity (Wildman–Crippen MR) is 93.1 cm³/mol. The molecule has 2 aromatic carbocycles. The topological polar surface area (TPSA) is 92.3 Å². The van der Waals surface area contributed by atoms with Crippen molar-refractivity contribution >= 4 is 33.1 Å². The summed E-state index contributed by atoms with van der Waals surface area (Å²) in [6.07, 6.45) is 2.04. The second kappa shape index (κ2) is 5.70. The molecule has 4 rings (SSSR count). The summed E-state index contributed by atoms with van der Waals surface area (Å²) in [5.41, 5.74) is 2.31. The number of Topliss-reactive ketones (excluding diaryl/α,β-unsaturated/α-hetero) is 1. The first-order valence-electron chi connectivity index (χ1n) is 8.02. The summed E-state index contributed by atoms with van der Waals surface area (Å²) >= 11 is 0. The number of amides is 1. The number of carbonyl (C=O) groups is 2. The molecule has 0 spiro atoms. The Morgan fingerprint density at radius 2 is 1.80 bits per heavy atom. The number of carbonyl (C=O) groups excluding carboxylic acids is 2. The van der Waals surface area contributed by atoms with Gasteiger partial charge < -0.3 is 5.32 Å². The van der Waals surface area contributed by atoms with Crippen molar-refractivity contribution in [3.8, 4) is 0 Å². The van der Waals surface area contributed by atoms with Crippen molar-refractivity contribution in [2.75, 3.05) is 10.0 Å². The van der Waals surface area contributed by atoms with Gasteiger partial charge in [0.15, 0.2) is 5.78 Å². The van der Waals surface area contributed by atoms with Gasteiger partial charge in [-0.3, -0.25) is 14.3 Å². The zero-order chi connectivity index (χ0) is 17.6. The van der Waals surface area contributed by atoms with Crippen LogP contribution in [0.15, 0.2) is 47.4 Å². The monoisotopic (exact) mass is 356 g/mol. The van der Waals surface area contributed by atoms with E-state index in [1.165, 1.54) is 12.1 Å². The first-order chi connectivity index (χ1) is 11.9. The van der Waals surface area contributed by atoms with Gasteiger partial charge in [0, 0.05) is 22.9 Å². The van der Waals surface area contributed by atoms with Gasteiger partial charge >= 0.3 is 0 Å². The van der Waals surface area contributed by atoms with E-state index in [0.717, 1.165) is 12.8 Å². The molecule has 25 heavy (non-hydrogen) atoms. The Hall–Kier alpha value is -2.67. The summed E-state index contributed by atoms with van der Waals surface area (Å²) in [7, 11) is -3.76. The van der Waals surface area contributed by atoms with Gasteiger partial charge in [-0.05, 0) is 60.9 Å². The van der Waals surface area contributed by atoms with Crippen LogP contribution in [0.3, 0.4) is 0 Å². The smallest absolute Gasteiger partial charge is 0.261 e. The van der Waals surface area contributed by atoms with Crippen LogP contribution in [-0.4, -0.2) is 20.1 Å². The van der Waals surface area contributed by atoms with Gasteiger partial charge in [-0.1, -0.05) is 0 Å². The average Bonchev–Trinajstić information content (AvgIpc) is 3.35. The fourth-order valence-corrected chi connectivity index (χ4v) is 3.98. The highest BCUT2D eigenvalue weighted by Gasteiger charge is 2.30. The summed E-state index contributed by atoms with van der Waals surface area (Å²) in [5.74, 6) is 0.101. The number of nitrogens with one attached hydrogen (secondary N) is 2. The molecule has 1 saturated carbocycles. The highest BCUT2D eigenvalue weighted by atomic mass is 32.2. The summed E-state index contributed by atoms with van der Waals surface area (Å²) in [5, 5.41) is 2.67. The van der Waals surface area contributed by atoms with Gasteiger partial charge in [-0.15, -0.1) is 0 Å². The van der Waals surface area contributed by atoms with E-state index in [0.29, 0.717) is 22.5 Å². The molecule has 0 unspecified atom stereocenters. The Bertz CT molecular complexity index is 977. The van der Waals surface area contributed by atoms with Crippen molar-refractivity contribution in [1.82, 2.24) is 0 Å². The van der Waals surface area contributed by atoms with E-state index in [-0.39, 0.29) is 28.9 Å². The minimum Gasteiger partial charge on any atom is -0.326 e. The largest absolute Gasteiger partial charge is 0.326 e. The van der Waals surface area contributed by atoms with E-state index >= 15 is 0 Å². The van der Waals surface area contributed by atoms with Crippen LogP contribution in [0.2, 0.25) is 0 Å². The summed E-state index contributed by atoms with van der Waals surface area (Å²) in [4.78, 5) is 23.5. The van der Waals surface area contributed by atoms with Crippen molar-refractivity contribution in [2.45, 2.75) is 24.2 Å². The Morgan fingerprint density at radius 3 is 2.48 bits per heavy atom. The third-order valence-corrected chi connectivity index (χ3v) is 5.76. The number of hydrogen-bond acceptors (Lipinski definition) is 4. The average molecular weight is 356 g/mol. The van der Waals surface area contributed by atoms with Crippen LogP contribution >= 0.6 is 0 Å². The maximum atomic E-state index is 12.5. The molecule has 1 aliphatic heterocycles. The zero-order valence-corrected chi connectivity index (χ0v) is 14.1. The molecule has 7 heteroatoms. The minimum absolute atomic E-state index is 0.0980. The van der Waals surface area contributed by atoms with E-state index in [2.05, 4.69) is 10.0 Å². The maximum absolute atomic E-state index is 12.5. The van der Waals surface area contributed by atoms with Crippen molar-refractivity contribution in [2.24, 2.45) is 5.92 Å². The van der Waals surface area contributed by atoms with Crippen LogP contribution in [0.1, 0.15) is 28.8 Å². The molecule has 128 valence electrons. The van der Waals surface area contributed by atoms with E-state index in [4.69, 9.17) is 0 Å². The van der Waals surface area contributed by atoms with Crippen LogP contribution in [0.25, 0.3) is 0 Å². The molecular formula is C18H16N2O4S. The highest BCUT2D eigenvalue weighted by Crippen LogP contribution is 2.33. The third-order valence-electron chi connectivity index (χ3n) is 4.38. The molecule has 0 atom stereocenters. The van der Waals surface area contributed by atoms with E-state index in [1.54, 1.807) is 30.3 Å². The van der Waals surface area contributed by atoms with Gasteiger partial charge in [-0.25, -0.2) is 8.42 Å². The molecule has 0 saturated heterocycles. The SMILES string of the molecule is O=C1Cc2cc(S(=O)(=O)Nc3ccc(C(=O)C4CC4)cc3)ccc2N1. The number of hydrogen-bond donors (Lipinski definition) is 2. The molecule has 6 nitrogen and oxygen atoms in total. The normalized spacial score (nSPS) is 16.2. The minimum atomic E-state index is -3.76. The third kappa shape index (κ3) is 3.15. The lowest BCUT2D eigenvalue weighted by atomic mass is 10.1. The first kappa shape index (κ1) is 15.8. The summed E-state index contributed by atoms with van der Waals surface area (Å²) < 4.78 is 27.6. The van der Waals surface area contributed by atoms with Crippen molar-refractivity contribution in [3.63, 3.8) is 0 Å². The molecule has 2 N–H and O–H groups in total. The van der Waals surface area contributed by atoms with E-state index < -0.39 is 10.0 Å². The van der Waals surface area contributed by atoms with E-state index in [9.17, 15) is 18.0 Å². The second-order valence-electron chi connectivity index (χ2n) is 6.37. The summed E-state index contributed by atoms with van der Waals surface area (Å²) in [6, 6.07) is 11.0. The van der Waals surface area contributed by atoms with Crippen LogP contribution in [0.5, 0.6) is 0 Å². The maximum Gasteiger partial charge on any atom is 0.261 e. The fourth-order valence-electron chi connectivity index (χ4n) is 2.87. The number of fused-ring (bicyclic) bond motifs is 1. The van der Waals surface area contributed by atoms with Gasteiger partial charge in [0.25, 0.3) is 10.0 Å². The van der Waals surface area contributed by atoms with Gasteiger partial charge in [0.1, 0.15) is 0 Å². The standard InChI is InChI=1S/C18H16N2O4S/c21-17-10-13-9-15(7-8-16(13)19-17)25(23,24)20-14-5-3-12(4-6-14)18(22)11-1-2-11/h3-9,11,20H,1-2,10H2,(H,19,21). The number of rotatable bonds is 5. The molecule has 0 bridgehead atoms. The summed E-state index contributed by atoms with van der Waals surface area (Å²) in [6.45, 7) is 0. The highest BCUT2D eigenvalue weighted by molar-refractivity contribution is 7.92. The second-order valence-corrected chi connectivity index (χ2v) is 8.05. The molecule has 2 aliphatic rings.